The van der Waals surface area contributed by atoms with E-state index in [4.69, 9.17) is 5.11 Å². The molecule has 1 aromatic rings. The maximum absolute atomic E-state index is 8.80. The lowest BCUT2D eigenvalue weighted by Crippen LogP contribution is -2.03. The highest BCUT2D eigenvalue weighted by atomic mass is 16.2. The second-order valence-electron chi connectivity index (χ2n) is 4.22. The molecule has 1 aromatic carbocycles. The number of hydrogen-bond donors (Lipinski definition) is 1. The molecule has 1 aliphatic rings. The van der Waals surface area contributed by atoms with Crippen molar-refractivity contribution >= 4 is 0 Å². The summed E-state index contributed by atoms with van der Waals surface area (Å²) in [5, 5.41) is 8.80. The Hall–Kier alpha value is -1.08. The van der Waals surface area contributed by atoms with Crippen LogP contribution in [0.1, 0.15) is 30.7 Å². The first-order valence-electron chi connectivity index (χ1n) is 5.74. The zero-order valence-corrected chi connectivity index (χ0v) is 8.97. The van der Waals surface area contributed by atoms with Crippen molar-refractivity contribution in [2.45, 2.75) is 25.2 Å². The number of benzene rings is 1. The minimum Gasteiger partial charge on any atom is -0.392 e. The van der Waals surface area contributed by atoms with Gasteiger partial charge in [-0.1, -0.05) is 48.9 Å². The molecule has 2 rings (SSSR count). The second kappa shape index (κ2) is 5.13. The van der Waals surface area contributed by atoms with Crippen molar-refractivity contribution in [3.8, 4) is 0 Å². The van der Waals surface area contributed by atoms with Gasteiger partial charge in [-0.25, -0.2) is 0 Å². The molecule has 1 heteroatoms. The highest BCUT2D eigenvalue weighted by Gasteiger charge is 2.25. The number of allylic oxidation sites excluding steroid dienone is 1. The van der Waals surface area contributed by atoms with Gasteiger partial charge in [0.2, 0.25) is 0 Å². The molecule has 0 aromatic heterocycles. The maximum Gasteiger partial charge on any atom is 0.0612 e. The topological polar surface area (TPSA) is 20.2 Å². The fourth-order valence-corrected chi connectivity index (χ4v) is 2.57. The fourth-order valence-electron chi connectivity index (χ4n) is 2.57. The van der Waals surface area contributed by atoms with Gasteiger partial charge >= 0.3 is 0 Å². The summed E-state index contributed by atoms with van der Waals surface area (Å²) in [6.07, 6.45) is 7.91. The molecule has 0 unspecified atom stereocenters. The van der Waals surface area contributed by atoms with E-state index in [1.54, 1.807) is 0 Å². The quantitative estimate of drug-likeness (QED) is 0.747. The SMILES string of the molecule is OC/C=C\[C@@H]1CCC[C@H]1c1ccccc1. The van der Waals surface area contributed by atoms with Gasteiger partial charge in [0.25, 0.3) is 0 Å². The molecule has 0 radical (unpaired) electrons. The van der Waals surface area contributed by atoms with Crippen LogP contribution < -0.4 is 0 Å². The zero-order valence-electron chi connectivity index (χ0n) is 8.97. The van der Waals surface area contributed by atoms with Crippen molar-refractivity contribution in [2.24, 2.45) is 5.92 Å². The molecule has 0 bridgehead atoms. The summed E-state index contributed by atoms with van der Waals surface area (Å²) in [6.45, 7) is 0.165. The van der Waals surface area contributed by atoms with E-state index in [2.05, 4.69) is 36.4 Å². The van der Waals surface area contributed by atoms with Crippen molar-refractivity contribution in [1.29, 1.82) is 0 Å². The molecule has 1 nitrogen and oxygen atoms in total. The van der Waals surface area contributed by atoms with Gasteiger partial charge in [-0.2, -0.15) is 0 Å². The molecule has 2 atom stereocenters. The number of aliphatic hydroxyl groups is 1. The number of hydrogen-bond acceptors (Lipinski definition) is 1. The fraction of sp³-hybridized carbons (Fsp3) is 0.429. The van der Waals surface area contributed by atoms with Crippen LogP contribution in [-0.4, -0.2) is 11.7 Å². The van der Waals surface area contributed by atoms with E-state index in [-0.39, 0.29) is 6.61 Å². The Labute approximate surface area is 91.4 Å². The van der Waals surface area contributed by atoms with Crippen LogP contribution in [0.2, 0.25) is 0 Å². The normalized spacial score (nSPS) is 26.2. The molecule has 0 heterocycles. The van der Waals surface area contributed by atoms with Gasteiger partial charge in [-0.15, -0.1) is 0 Å². The largest absolute Gasteiger partial charge is 0.392 e. The summed E-state index contributed by atoms with van der Waals surface area (Å²) < 4.78 is 0. The van der Waals surface area contributed by atoms with Crippen LogP contribution in [0.3, 0.4) is 0 Å². The highest BCUT2D eigenvalue weighted by molar-refractivity contribution is 5.23. The Kier molecular flexibility index (Phi) is 3.57. The molecule has 0 saturated heterocycles. The first-order chi connectivity index (χ1) is 7.42. The van der Waals surface area contributed by atoms with Crippen molar-refractivity contribution in [3.05, 3.63) is 48.0 Å². The van der Waals surface area contributed by atoms with Gasteiger partial charge in [-0.3, -0.25) is 0 Å². The molecule has 0 spiro atoms. The van der Waals surface area contributed by atoms with Crippen LogP contribution in [0, 0.1) is 5.92 Å². The van der Waals surface area contributed by atoms with E-state index in [9.17, 15) is 0 Å². The van der Waals surface area contributed by atoms with E-state index in [0.717, 1.165) is 0 Å². The molecule has 0 amide bonds. The predicted octanol–water partition coefficient (Wildman–Crippen LogP) is 3.12. The van der Waals surface area contributed by atoms with Crippen LogP contribution in [-0.2, 0) is 0 Å². The van der Waals surface area contributed by atoms with Crippen molar-refractivity contribution in [1.82, 2.24) is 0 Å². The highest BCUT2D eigenvalue weighted by Crippen LogP contribution is 2.40. The Bertz CT molecular complexity index is 315. The van der Waals surface area contributed by atoms with Crippen LogP contribution in [0.25, 0.3) is 0 Å². The van der Waals surface area contributed by atoms with E-state index in [1.807, 2.05) is 6.08 Å². The third-order valence-corrected chi connectivity index (χ3v) is 3.29. The van der Waals surface area contributed by atoms with Gasteiger partial charge < -0.3 is 5.11 Å². The molecular formula is C14H18O. The lowest BCUT2D eigenvalue weighted by molar-refractivity contribution is 0.341. The standard InChI is InChI=1S/C14H18O/c15-11-5-9-13-8-4-10-14(13)12-6-2-1-3-7-12/h1-3,5-7,9,13-15H,4,8,10-11H2/b9-5-/t13-,14-/m0/s1. The number of rotatable bonds is 3. The van der Waals surface area contributed by atoms with Crippen molar-refractivity contribution < 1.29 is 5.11 Å². The summed E-state index contributed by atoms with van der Waals surface area (Å²) in [4.78, 5) is 0. The van der Waals surface area contributed by atoms with Gasteiger partial charge in [0.15, 0.2) is 0 Å². The van der Waals surface area contributed by atoms with Crippen LogP contribution in [0.4, 0.5) is 0 Å². The first kappa shape index (κ1) is 10.4. The Morgan fingerprint density at radius 2 is 2.00 bits per heavy atom. The first-order valence-corrected chi connectivity index (χ1v) is 5.74. The second-order valence-corrected chi connectivity index (χ2v) is 4.22. The smallest absolute Gasteiger partial charge is 0.0612 e. The summed E-state index contributed by atoms with van der Waals surface area (Å²) in [5.41, 5.74) is 1.45. The lowest BCUT2D eigenvalue weighted by Gasteiger charge is -2.16. The molecule has 1 aliphatic carbocycles. The van der Waals surface area contributed by atoms with Gasteiger partial charge in [-0.05, 0) is 30.2 Å². The average molecular weight is 202 g/mol. The van der Waals surface area contributed by atoms with E-state index < -0.39 is 0 Å². The van der Waals surface area contributed by atoms with E-state index in [0.29, 0.717) is 11.8 Å². The Morgan fingerprint density at radius 3 is 2.73 bits per heavy atom. The molecule has 1 N–H and O–H groups in total. The zero-order chi connectivity index (χ0) is 10.5. The molecular weight excluding hydrogens is 184 g/mol. The molecule has 1 fully saturated rings. The molecule has 80 valence electrons. The third-order valence-electron chi connectivity index (χ3n) is 3.29. The van der Waals surface area contributed by atoms with Crippen molar-refractivity contribution in [2.75, 3.05) is 6.61 Å². The monoisotopic (exact) mass is 202 g/mol. The van der Waals surface area contributed by atoms with E-state index >= 15 is 0 Å². The average Bonchev–Trinajstić information content (AvgIpc) is 2.75. The van der Waals surface area contributed by atoms with E-state index in [1.165, 1.54) is 24.8 Å². The lowest BCUT2D eigenvalue weighted by atomic mass is 9.89. The van der Waals surface area contributed by atoms with Gasteiger partial charge in [0, 0.05) is 0 Å². The van der Waals surface area contributed by atoms with Crippen LogP contribution >= 0.6 is 0 Å². The van der Waals surface area contributed by atoms with Crippen LogP contribution in [0.5, 0.6) is 0 Å². The summed E-state index contributed by atoms with van der Waals surface area (Å²) in [5.74, 6) is 1.29. The van der Waals surface area contributed by atoms with Gasteiger partial charge in [0.05, 0.1) is 6.61 Å². The summed E-state index contributed by atoms with van der Waals surface area (Å²) in [7, 11) is 0. The molecule has 0 aliphatic heterocycles. The Morgan fingerprint density at radius 1 is 1.20 bits per heavy atom. The Balaban J connectivity index is 2.11. The van der Waals surface area contributed by atoms with Crippen LogP contribution in [0.15, 0.2) is 42.5 Å². The predicted molar refractivity (Wildman–Crippen MR) is 62.7 cm³/mol. The minimum absolute atomic E-state index is 0.165. The summed E-state index contributed by atoms with van der Waals surface area (Å²) >= 11 is 0. The number of aliphatic hydroxyl groups excluding tert-OH is 1. The van der Waals surface area contributed by atoms with Gasteiger partial charge in [0.1, 0.15) is 0 Å². The van der Waals surface area contributed by atoms with Crippen molar-refractivity contribution in [3.63, 3.8) is 0 Å². The molecule has 1 saturated carbocycles. The maximum atomic E-state index is 8.80. The summed E-state index contributed by atoms with van der Waals surface area (Å²) in [6, 6.07) is 10.7. The minimum atomic E-state index is 0.165. The third kappa shape index (κ3) is 2.48. The molecule has 15 heavy (non-hydrogen) atoms.